The predicted octanol–water partition coefficient (Wildman–Crippen LogP) is -0.390. The summed E-state index contributed by atoms with van der Waals surface area (Å²) in [6.07, 6.45) is -1.32. The first-order valence-electron chi connectivity index (χ1n) is 1.87. The van der Waals surface area contributed by atoms with Crippen LogP contribution in [0.2, 0.25) is 0 Å². The first-order valence-corrected chi connectivity index (χ1v) is 1.87. The molecule has 0 rings (SSSR count). The molecule has 0 aliphatic rings. The maximum Gasteiger partial charge on any atom is 0.347 e. The Labute approximate surface area is 46.3 Å². The molecular weight excluding hydrogens is 110 g/mol. The molecule has 0 saturated heterocycles. The summed E-state index contributed by atoms with van der Waals surface area (Å²) in [5, 5.41) is 16.0. The molecular formula is C4H5NO3. The van der Waals surface area contributed by atoms with Crippen molar-refractivity contribution in [3.63, 3.8) is 0 Å². The lowest BCUT2D eigenvalue weighted by molar-refractivity contribution is -0.145. The fourth-order valence-corrected chi connectivity index (χ4v) is 0.209. The van der Waals surface area contributed by atoms with Gasteiger partial charge in [0.2, 0.25) is 6.10 Å². The molecule has 0 spiro atoms. The second-order valence-electron chi connectivity index (χ2n) is 1.08. The minimum Gasteiger partial charge on any atom is -0.479 e. The molecule has 0 saturated carbocycles. The lowest BCUT2D eigenvalue weighted by atomic mass is 10.4. The van der Waals surface area contributed by atoms with Crippen molar-refractivity contribution in [1.82, 2.24) is 0 Å². The smallest absolute Gasteiger partial charge is 0.347 e. The SMILES string of the molecule is CO[C@H](C#N)C(=O)O. The Bertz CT molecular complexity index is 126. The van der Waals surface area contributed by atoms with Crippen molar-refractivity contribution in [3.05, 3.63) is 0 Å². The molecule has 44 valence electrons. The zero-order valence-corrected chi connectivity index (χ0v) is 4.29. The van der Waals surface area contributed by atoms with Crippen LogP contribution >= 0.6 is 0 Å². The van der Waals surface area contributed by atoms with Crippen LogP contribution in [0.25, 0.3) is 0 Å². The summed E-state index contributed by atoms with van der Waals surface area (Å²) in [5.41, 5.74) is 0. The van der Waals surface area contributed by atoms with Crippen molar-refractivity contribution in [2.24, 2.45) is 0 Å². The van der Waals surface area contributed by atoms with Crippen molar-refractivity contribution < 1.29 is 14.6 Å². The van der Waals surface area contributed by atoms with Crippen LogP contribution < -0.4 is 0 Å². The van der Waals surface area contributed by atoms with Crippen LogP contribution in [0.3, 0.4) is 0 Å². The minimum atomic E-state index is -1.32. The molecule has 1 N–H and O–H groups in total. The van der Waals surface area contributed by atoms with Crippen LogP contribution in [-0.4, -0.2) is 24.3 Å². The number of rotatable bonds is 2. The van der Waals surface area contributed by atoms with E-state index in [0.29, 0.717) is 0 Å². The van der Waals surface area contributed by atoms with E-state index in [1.54, 1.807) is 0 Å². The van der Waals surface area contributed by atoms with Crippen LogP contribution in [0.15, 0.2) is 0 Å². The molecule has 0 heterocycles. The van der Waals surface area contributed by atoms with Crippen LogP contribution in [0, 0.1) is 11.3 Å². The Hall–Kier alpha value is -1.08. The second kappa shape index (κ2) is 2.99. The second-order valence-corrected chi connectivity index (χ2v) is 1.08. The normalized spacial score (nSPS) is 12.0. The van der Waals surface area contributed by atoms with E-state index in [1.807, 2.05) is 0 Å². The van der Waals surface area contributed by atoms with Gasteiger partial charge in [-0.05, 0) is 0 Å². The predicted molar refractivity (Wildman–Crippen MR) is 24.0 cm³/mol. The number of nitriles is 1. The topological polar surface area (TPSA) is 70.3 Å². The molecule has 0 aliphatic heterocycles. The van der Waals surface area contributed by atoms with Crippen molar-refractivity contribution >= 4 is 5.97 Å². The third kappa shape index (κ3) is 1.58. The molecule has 4 nitrogen and oxygen atoms in total. The molecule has 0 bridgehead atoms. The highest BCUT2D eigenvalue weighted by atomic mass is 16.5. The Morgan fingerprint density at radius 2 is 2.50 bits per heavy atom. The molecule has 0 aromatic carbocycles. The molecule has 0 aromatic heterocycles. The summed E-state index contributed by atoms with van der Waals surface area (Å²) in [6.45, 7) is 0. The van der Waals surface area contributed by atoms with Crippen molar-refractivity contribution in [2.45, 2.75) is 6.10 Å². The fraction of sp³-hybridized carbons (Fsp3) is 0.500. The number of nitrogens with zero attached hydrogens (tertiary/aromatic N) is 1. The summed E-state index contributed by atoms with van der Waals surface area (Å²) in [4.78, 5) is 9.81. The molecule has 0 aliphatic carbocycles. The molecule has 1 atom stereocenters. The van der Waals surface area contributed by atoms with Gasteiger partial charge in [-0.1, -0.05) is 0 Å². The van der Waals surface area contributed by atoms with Gasteiger partial charge in [-0.3, -0.25) is 0 Å². The lowest BCUT2D eigenvalue weighted by Crippen LogP contribution is -2.19. The van der Waals surface area contributed by atoms with E-state index < -0.39 is 12.1 Å². The van der Waals surface area contributed by atoms with Gasteiger partial charge in [0.1, 0.15) is 6.07 Å². The average Bonchev–Trinajstić information content (AvgIpc) is 1.69. The number of methoxy groups -OCH3 is 1. The standard InChI is InChI=1S/C4H5NO3/c1-8-3(2-5)4(6)7/h3H,1H3,(H,6,7)/t3-/m1/s1. The van der Waals surface area contributed by atoms with E-state index >= 15 is 0 Å². The van der Waals surface area contributed by atoms with Crippen LogP contribution in [-0.2, 0) is 9.53 Å². The van der Waals surface area contributed by atoms with Gasteiger partial charge in [-0.2, -0.15) is 5.26 Å². The van der Waals surface area contributed by atoms with Gasteiger partial charge < -0.3 is 9.84 Å². The molecule has 0 unspecified atom stereocenters. The molecule has 0 amide bonds. The monoisotopic (exact) mass is 115 g/mol. The van der Waals surface area contributed by atoms with Crippen LogP contribution in [0.1, 0.15) is 0 Å². The zero-order chi connectivity index (χ0) is 6.57. The maximum absolute atomic E-state index is 9.81. The van der Waals surface area contributed by atoms with Gasteiger partial charge in [0.25, 0.3) is 0 Å². The van der Waals surface area contributed by atoms with Gasteiger partial charge in [-0.25, -0.2) is 4.79 Å². The number of carboxylic acids is 1. The fourth-order valence-electron chi connectivity index (χ4n) is 0.209. The van der Waals surface area contributed by atoms with Crippen molar-refractivity contribution in [1.29, 1.82) is 5.26 Å². The molecule has 4 heteroatoms. The Morgan fingerprint density at radius 3 is 2.50 bits per heavy atom. The molecule has 0 fully saturated rings. The summed E-state index contributed by atoms with van der Waals surface area (Å²) >= 11 is 0. The first-order chi connectivity index (χ1) is 3.72. The number of ether oxygens (including phenoxy) is 1. The van der Waals surface area contributed by atoms with Crippen molar-refractivity contribution in [3.8, 4) is 6.07 Å². The summed E-state index contributed by atoms with van der Waals surface area (Å²) in [6, 6.07) is 1.43. The highest BCUT2D eigenvalue weighted by Gasteiger charge is 2.13. The van der Waals surface area contributed by atoms with E-state index in [-0.39, 0.29) is 0 Å². The quantitative estimate of drug-likeness (QED) is 0.532. The largest absolute Gasteiger partial charge is 0.479 e. The number of hydrogen-bond donors (Lipinski definition) is 1. The number of carbonyl (C=O) groups is 1. The number of aliphatic carboxylic acids is 1. The summed E-state index contributed by atoms with van der Waals surface area (Å²) < 4.78 is 4.20. The van der Waals surface area contributed by atoms with E-state index in [2.05, 4.69) is 4.74 Å². The Kier molecular flexibility index (Phi) is 2.59. The molecule has 0 aromatic rings. The highest BCUT2D eigenvalue weighted by Crippen LogP contribution is 1.84. The maximum atomic E-state index is 9.81. The van der Waals surface area contributed by atoms with Crippen LogP contribution in [0.5, 0.6) is 0 Å². The third-order valence-electron chi connectivity index (χ3n) is 0.577. The highest BCUT2D eigenvalue weighted by molar-refractivity contribution is 5.75. The lowest BCUT2D eigenvalue weighted by Gasteiger charge is -1.95. The van der Waals surface area contributed by atoms with E-state index in [1.165, 1.54) is 13.2 Å². The number of hydrogen-bond acceptors (Lipinski definition) is 3. The van der Waals surface area contributed by atoms with Crippen molar-refractivity contribution in [2.75, 3.05) is 7.11 Å². The Balaban J connectivity index is 3.76. The van der Waals surface area contributed by atoms with Gasteiger partial charge >= 0.3 is 5.97 Å². The Morgan fingerprint density at radius 1 is 2.00 bits per heavy atom. The van der Waals surface area contributed by atoms with Gasteiger partial charge in [0.05, 0.1) is 0 Å². The van der Waals surface area contributed by atoms with Gasteiger partial charge in [0, 0.05) is 7.11 Å². The van der Waals surface area contributed by atoms with Gasteiger partial charge in [-0.15, -0.1) is 0 Å². The molecule has 8 heavy (non-hydrogen) atoms. The minimum absolute atomic E-state index is 1.17. The summed E-state index contributed by atoms with van der Waals surface area (Å²) in [7, 11) is 1.17. The third-order valence-corrected chi connectivity index (χ3v) is 0.577. The van der Waals surface area contributed by atoms with E-state index in [9.17, 15) is 4.79 Å². The first kappa shape index (κ1) is 6.92. The molecule has 0 radical (unpaired) electrons. The average molecular weight is 115 g/mol. The van der Waals surface area contributed by atoms with Gasteiger partial charge in [0.15, 0.2) is 0 Å². The van der Waals surface area contributed by atoms with E-state index in [0.717, 1.165) is 0 Å². The number of carboxylic acid groups (broad SMARTS) is 1. The van der Waals surface area contributed by atoms with E-state index in [4.69, 9.17) is 10.4 Å². The zero-order valence-electron chi connectivity index (χ0n) is 4.29. The van der Waals surface area contributed by atoms with Crippen LogP contribution in [0.4, 0.5) is 0 Å². The summed E-state index contributed by atoms with van der Waals surface area (Å²) in [5.74, 6) is -1.25.